The molecule has 0 bridgehead atoms. The van der Waals surface area contributed by atoms with E-state index in [1.807, 2.05) is 0 Å². The molecule has 0 aliphatic carbocycles. The van der Waals surface area contributed by atoms with E-state index in [0.29, 0.717) is 0 Å². The van der Waals surface area contributed by atoms with Gasteiger partial charge >= 0.3 is 6.09 Å². The Morgan fingerprint density at radius 1 is 1.71 bits per heavy atom. The molecule has 2 heterocycles. The predicted molar refractivity (Wildman–Crippen MR) is 70.9 cm³/mol. The van der Waals surface area contributed by atoms with Gasteiger partial charge in [-0.3, -0.25) is 0 Å². The maximum atomic E-state index is 11.1. The third-order valence-electron chi connectivity index (χ3n) is 2.64. The van der Waals surface area contributed by atoms with Gasteiger partial charge in [0.15, 0.2) is 0 Å². The predicted octanol–water partition coefficient (Wildman–Crippen LogP) is 1.02. The average Bonchev–Trinajstić information content (AvgIpc) is 2.78. The highest BCUT2D eigenvalue weighted by Gasteiger charge is 2.26. The molecule has 2 rings (SSSR count). The van der Waals surface area contributed by atoms with Crippen LogP contribution >= 0.6 is 22.6 Å². The Morgan fingerprint density at radius 2 is 2.53 bits per heavy atom. The van der Waals surface area contributed by atoms with Gasteiger partial charge in [-0.25, -0.2) is 14.8 Å². The molecule has 0 saturated carbocycles. The number of carbonyl (C=O) groups excluding carboxylic acids is 1. The fourth-order valence-electron chi connectivity index (χ4n) is 1.83. The second-order valence-electron chi connectivity index (χ2n) is 3.76. The quantitative estimate of drug-likeness (QED) is 0.809. The summed E-state index contributed by atoms with van der Waals surface area (Å²) in [5.41, 5.74) is 0. The highest BCUT2D eigenvalue weighted by atomic mass is 127. The molecule has 7 heteroatoms. The zero-order chi connectivity index (χ0) is 12.3. The Kier molecular flexibility index (Phi) is 3.97. The summed E-state index contributed by atoms with van der Waals surface area (Å²) in [4.78, 5) is 21.5. The zero-order valence-electron chi connectivity index (χ0n) is 9.39. The van der Waals surface area contributed by atoms with E-state index in [9.17, 15) is 4.79 Å². The van der Waals surface area contributed by atoms with Gasteiger partial charge in [0, 0.05) is 19.3 Å². The van der Waals surface area contributed by atoms with Crippen molar-refractivity contribution in [1.82, 2.24) is 15.3 Å². The lowest BCUT2D eigenvalue weighted by Crippen LogP contribution is -2.37. The van der Waals surface area contributed by atoms with Gasteiger partial charge in [0.2, 0.25) is 0 Å². The number of nitrogens with zero attached hydrogens (tertiary/aromatic N) is 3. The summed E-state index contributed by atoms with van der Waals surface area (Å²) < 4.78 is 5.60. The molecule has 17 heavy (non-hydrogen) atoms. The van der Waals surface area contributed by atoms with Crippen molar-refractivity contribution in [2.45, 2.75) is 12.5 Å². The number of rotatable bonds is 2. The van der Waals surface area contributed by atoms with E-state index < -0.39 is 0 Å². The first-order valence-electron chi connectivity index (χ1n) is 5.25. The normalized spacial score (nSPS) is 19.2. The Morgan fingerprint density at radius 3 is 3.24 bits per heavy atom. The number of nitrogens with one attached hydrogen (secondary N) is 1. The van der Waals surface area contributed by atoms with Gasteiger partial charge in [-0.05, 0) is 29.0 Å². The minimum absolute atomic E-state index is 0.119. The minimum atomic E-state index is -0.380. The molecule has 1 fully saturated rings. The highest BCUT2D eigenvalue weighted by molar-refractivity contribution is 14.1. The fourth-order valence-corrected chi connectivity index (χ4v) is 2.48. The van der Waals surface area contributed by atoms with E-state index in [2.05, 4.69) is 47.5 Å². The molecular weight excluding hydrogens is 335 g/mol. The summed E-state index contributed by atoms with van der Waals surface area (Å²) in [7, 11) is 1.37. The molecular formula is C10H13IN4O2. The Hall–Kier alpha value is -1.12. The first-order chi connectivity index (χ1) is 8.20. The van der Waals surface area contributed by atoms with Gasteiger partial charge in [0.05, 0.1) is 16.7 Å². The van der Waals surface area contributed by atoms with Crippen molar-refractivity contribution in [3.05, 3.63) is 16.1 Å². The van der Waals surface area contributed by atoms with E-state index in [0.717, 1.165) is 28.9 Å². The third-order valence-corrected chi connectivity index (χ3v) is 3.40. The molecule has 1 saturated heterocycles. The van der Waals surface area contributed by atoms with Gasteiger partial charge in [-0.2, -0.15) is 0 Å². The number of methoxy groups -OCH3 is 1. The zero-order valence-corrected chi connectivity index (χ0v) is 11.5. The van der Waals surface area contributed by atoms with Gasteiger partial charge in [-0.15, -0.1) is 0 Å². The van der Waals surface area contributed by atoms with Gasteiger partial charge in [0.25, 0.3) is 0 Å². The molecule has 0 radical (unpaired) electrons. The molecule has 92 valence electrons. The number of hydrogen-bond acceptors (Lipinski definition) is 5. The number of halogens is 1. The molecule has 1 aromatic rings. The highest BCUT2D eigenvalue weighted by Crippen LogP contribution is 2.22. The number of ether oxygens (including phenoxy) is 1. The number of hydrogen-bond donors (Lipinski definition) is 1. The molecule has 1 aromatic heterocycles. The van der Waals surface area contributed by atoms with Crippen LogP contribution in [-0.2, 0) is 4.74 Å². The number of aromatic nitrogens is 2. The Balaban J connectivity index is 1.98. The van der Waals surface area contributed by atoms with Crippen molar-refractivity contribution in [1.29, 1.82) is 0 Å². The number of anilines is 1. The number of carbonyl (C=O) groups is 1. The third kappa shape index (κ3) is 2.96. The molecule has 1 N–H and O–H groups in total. The fraction of sp³-hybridized carbons (Fsp3) is 0.500. The van der Waals surface area contributed by atoms with Crippen LogP contribution < -0.4 is 10.2 Å². The van der Waals surface area contributed by atoms with Gasteiger partial charge in [0.1, 0.15) is 12.1 Å². The molecule has 1 amide bonds. The second-order valence-corrected chi connectivity index (χ2v) is 4.92. The summed E-state index contributed by atoms with van der Waals surface area (Å²) in [5, 5.41) is 2.80. The van der Waals surface area contributed by atoms with Crippen LogP contribution in [0.25, 0.3) is 0 Å². The Labute approximate surface area is 113 Å². The van der Waals surface area contributed by atoms with Crippen LogP contribution in [0, 0.1) is 3.57 Å². The lowest BCUT2D eigenvalue weighted by Gasteiger charge is -2.18. The van der Waals surface area contributed by atoms with E-state index in [1.54, 1.807) is 12.5 Å². The second kappa shape index (κ2) is 5.48. The van der Waals surface area contributed by atoms with Crippen molar-refractivity contribution in [2.24, 2.45) is 0 Å². The lowest BCUT2D eigenvalue weighted by molar-refractivity contribution is 0.167. The number of alkyl carbamates (subject to hydrolysis) is 1. The van der Waals surface area contributed by atoms with Crippen LogP contribution in [0.5, 0.6) is 0 Å². The standard InChI is InChI=1S/C10H13IN4O2/c1-17-10(16)14-7-2-3-15(5-7)9-8(11)4-12-6-13-9/h4,6-7H,2-3,5H2,1H3,(H,14,16). The minimum Gasteiger partial charge on any atom is -0.453 e. The van der Waals surface area contributed by atoms with Crippen molar-refractivity contribution < 1.29 is 9.53 Å². The van der Waals surface area contributed by atoms with Crippen LogP contribution in [-0.4, -0.2) is 42.3 Å². The first kappa shape index (κ1) is 12.3. The molecule has 0 aromatic carbocycles. The van der Waals surface area contributed by atoms with Gasteiger partial charge < -0.3 is 15.0 Å². The van der Waals surface area contributed by atoms with E-state index in [1.165, 1.54) is 7.11 Å². The van der Waals surface area contributed by atoms with E-state index >= 15 is 0 Å². The van der Waals surface area contributed by atoms with E-state index in [-0.39, 0.29) is 12.1 Å². The number of amides is 1. The summed E-state index contributed by atoms with van der Waals surface area (Å²) in [6, 6.07) is 0.119. The van der Waals surface area contributed by atoms with Crippen LogP contribution in [0.4, 0.5) is 10.6 Å². The van der Waals surface area contributed by atoms with Crippen molar-refractivity contribution in [3.63, 3.8) is 0 Å². The SMILES string of the molecule is COC(=O)NC1CCN(c2ncncc2I)C1. The van der Waals surface area contributed by atoms with Gasteiger partial charge in [-0.1, -0.05) is 0 Å². The van der Waals surface area contributed by atoms with Crippen molar-refractivity contribution in [3.8, 4) is 0 Å². The molecule has 1 unspecified atom stereocenters. The average molecular weight is 348 g/mol. The van der Waals surface area contributed by atoms with Crippen LogP contribution in [0.1, 0.15) is 6.42 Å². The Bertz CT molecular complexity index is 415. The summed E-state index contributed by atoms with van der Waals surface area (Å²) >= 11 is 2.21. The topological polar surface area (TPSA) is 67.3 Å². The maximum absolute atomic E-state index is 11.1. The molecule has 1 aliphatic heterocycles. The smallest absolute Gasteiger partial charge is 0.407 e. The summed E-state index contributed by atoms with van der Waals surface area (Å²) in [6.45, 7) is 1.63. The first-order valence-corrected chi connectivity index (χ1v) is 6.33. The summed E-state index contributed by atoms with van der Waals surface area (Å²) in [6.07, 6.45) is 3.84. The van der Waals surface area contributed by atoms with Crippen molar-refractivity contribution in [2.75, 3.05) is 25.1 Å². The molecule has 0 spiro atoms. The van der Waals surface area contributed by atoms with Crippen LogP contribution in [0.2, 0.25) is 0 Å². The molecule has 1 aliphatic rings. The lowest BCUT2D eigenvalue weighted by atomic mass is 10.3. The van der Waals surface area contributed by atoms with Crippen LogP contribution in [0.3, 0.4) is 0 Å². The monoisotopic (exact) mass is 348 g/mol. The largest absolute Gasteiger partial charge is 0.453 e. The maximum Gasteiger partial charge on any atom is 0.407 e. The van der Waals surface area contributed by atoms with E-state index in [4.69, 9.17) is 0 Å². The van der Waals surface area contributed by atoms with Crippen LogP contribution in [0.15, 0.2) is 12.5 Å². The molecule has 1 atom stereocenters. The van der Waals surface area contributed by atoms with Crippen molar-refractivity contribution >= 4 is 34.5 Å². The summed E-state index contributed by atoms with van der Waals surface area (Å²) in [5.74, 6) is 0.926. The molecule has 6 nitrogen and oxygen atoms in total.